The summed E-state index contributed by atoms with van der Waals surface area (Å²) in [4.78, 5) is 19.7. The number of hydrogen-bond acceptors (Lipinski definition) is 3. The summed E-state index contributed by atoms with van der Waals surface area (Å²) in [5.74, 6) is 0. The van der Waals surface area contributed by atoms with Crippen molar-refractivity contribution in [3.63, 3.8) is 0 Å². The van der Waals surface area contributed by atoms with Crippen LogP contribution in [0.15, 0.2) is 5.10 Å². The fourth-order valence-electron chi connectivity index (χ4n) is 0.170. The van der Waals surface area contributed by atoms with Gasteiger partial charge in [-0.25, -0.2) is 10.2 Å². The van der Waals surface area contributed by atoms with Crippen LogP contribution in [0.5, 0.6) is 0 Å². The van der Waals surface area contributed by atoms with Crippen molar-refractivity contribution in [3.8, 4) is 0 Å². The van der Waals surface area contributed by atoms with Gasteiger partial charge in [0.1, 0.15) is 0 Å². The van der Waals surface area contributed by atoms with E-state index in [4.69, 9.17) is 0 Å². The van der Waals surface area contributed by atoms with E-state index in [1.165, 1.54) is 6.92 Å². The SMILES string of the molecule is CC(C=O)=NNC(N)=O. The lowest BCUT2D eigenvalue weighted by molar-refractivity contribution is -0.102. The highest BCUT2D eigenvalue weighted by Gasteiger charge is 1.86. The highest BCUT2D eigenvalue weighted by Crippen LogP contribution is 1.65. The molecule has 50 valence electrons. The number of carbonyl (C=O) groups excluding carboxylic acids is 2. The van der Waals surface area contributed by atoms with Crippen molar-refractivity contribution in [1.82, 2.24) is 5.43 Å². The minimum absolute atomic E-state index is 0.175. The summed E-state index contributed by atoms with van der Waals surface area (Å²) < 4.78 is 0. The number of hydrogen-bond donors (Lipinski definition) is 2. The van der Waals surface area contributed by atoms with Crippen molar-refractivity contribution in [2.45, 2.75) is 6.92 Å². The number of primary amides is 1. The van der Waals surface area contributed by atoms with Crippen LogP contribution in [0.2, 0.25) is 0 Å². The summed E-state index contributed by atoms with van der Waals surface area (Å²) in [5.41, 5.74) is 6.69. The summed E-state index contributed by atoms with van der Waals surface area (Å²) in [6.07, 6.45) is 0.510. The molecule has 9 heavy (non-hydrogen) atoms. The fraction of sp³-hybridized carbons (Fsp3) is 0.250. The zero-order valence-electron chi connectivity index (χ0n) is 4.92. The molecule has 0 aromatic heterocycles. The smallest absolute Gasteiger partial charge is 0.332 e. The normalized spacial score (nSPS) is 10.6. The van der Waals surface area contributed by atoms with Crippen LogP contribution < -0.4 is 11.2 Å². The average Bonchev–Trinajstić information content (AvgIpc) is 1.83. The second kappa shape index (κ2) is 3.59. The van der Waals surface area contributed by atoms with Crippen molar-refractivity contribution in [2.75, 3.05) is 0 Å². The molecule has 0 aliphatic heterocycles. The molecule has 0 radical (unpaired) electrons. The lowest BCUT2D eigenvalue weighted by Gasteiger charge is -1.89. The van der Waals surface area contributed by atoms with E-state index in [1.807, 2.05) is 5.43 Å². The first kappa shape index (κ1) is 7.61. The highest BCUT2D eigenvalue weighted by atomic mass is 16.2. The van der Waals surface area contributed by atoms with Crippen LogP contribution in [0.25, 0.3) is 0 Å². The summed E-state index contributed by atoms with van der Waals surface area (Å²) >= 11 is 0. The molecule has 0 unspecified atom stereocenters. The lowest BCUT2D eigenvalue weighted by atomic mass is 10.5. The molecular weight excluding hydrogens is 122 g/mol. The third kappa shape index (κ3) is 4.46. The Morgan fingerprint density at radius 2 is 2.33 bits per heavy atom. The quantitative estimate of drug-likeness (QED) is 0.291. The van der Waals surface area contributed by atoms with E-state index in [-0.39, 0.29) is 5.71 Å². The largest absolute Gasteiger partial charge is 0.350 e. The minimum atomic E-state index is -0.781. The first-order valence-corrected chi connectivity index (χ1v) is 2.21. The van der Waals surface area contributed by atoms with E-state index in [9.17, 15) is 9.59 Å². The molecule has 0 atom stereocenters. The number of hydrazone groups is 1. The van der Waals surface area contributed by atoms with Gasteiger partial charge >= 0.3 is 6.03 Å². The first-order valence-electron chi connectivity index (χ1n) is 2.21. The molecule has 2 amide bonds. The Kier molecular flexibility index (Phi) is 3.04. The molecule has 0 saturated carbocycles. The molecule has 5 nitrogen and oxygen atoms in total. The average molecular weight is 129 g/mol. The van der Waals surface area contributed by atoms with Crippen molar-refractivity contribution in [3.05, 3.63) is 0 Å². The van der Waals surface area contributed by atoms with Gasteiger partial charge in [0.2, 0.25) is 0 Å². The molecule has 0 aliphatic carbocycles. The zero-order chi connectivity index (χ0) is 7.28. The minimum Gasteiger partial charge on any atom is -0.350 e. The topological polar surface area (TPSA) is 84.6 Å². The van der Waals surface area contributed by atoms with Gasteiger partial charge in [-0.05, 0) is 6.92 Å². The second-order valence-corrected chi connectivity index (χ2v) is 1.35. The third-order valence-corrected chi connectivity index (χ3v) is 0.513. The van der Waals surface area contributed by atoms with Crippen molar-refractivity contribution < 1.29 is 9.59 Å². The van der Waals surface area contributed by atoms with E-state index >= 15 is 0 Å². The maximum atomic E-state index is 9.91. The lowest BCUT2D eigenvalue weighted by Crippen LogP contribution is -2.25. The summed E-state index contributed by atoms with van der Waals surface area (Å²) in [7, 11) is 0. The number of nitrogens with zero attached hydrogens (tertiary/aromatic N) is 1. The molecule has 0 aromatic rings. The van der Waals surface area contributed by atoms with Crippen LogP contribution in [0.3, 0.4) is 0 Å². The van der Waals surface area contributed by atoms with Gasteiger partial charge in [-0.2, -0.15) is 5.10 Å². The van der Waals surface area contributed by atoms with Gasteiger partial charge in [-0.3, -0.25) is 4.79 Å². The van der Waals surface area contributed by atoms with E-state index in [1.54, 1.807) is 0 Å². The molecule has 5 heteroatoms. The number of nitrogens with one attached hydrogen (secondary N) is 1. The number of rotatable bonds is 2. The van der Waals surface area contributed by atoms with Crippen molar-refractivity contribution in [2.24, 2.45) is 10.8 Å². The summed E-state index contributed by atoms with van der Waals surface area (Å²) in [6.45, 7) is 1.45. The Labute approximate surface area is 51.9 Å². The first-order chi connectivity index (χ1) is 4.16. The van der Waals surface area contributed by atoms with Crippen molar-refractivity contribution >= 4 is 18.0 Å². The van der Waals surface area contributed by atoms with Crippen LogP contribution in [0.4, 0.5) is 4.79 Å². The molecule has 3 N–H and O–H groups in total. The Morgan fingerprint density at radius 3 is 2.67 bits per heavy atom. The Balaban J connectivity index is 3.69. The number of urea groups is 1. The van der Waals surface area contributed by atoms with Gasteiger partial charge in [-0.15, -0.1) is 0 Å². The monoisotopic (exact) mass is 129 g/mol. The predicted molar refractivity (Wildman–Crippen MR) is 31.9 cm³/mol. The van der Waals surface area contributed by atoms with E-state index < -0.39 is 6.03 Å². The molecule has 0 bridgehead atoms. The summed E-state index contributed by atoms with van der Waals surface area (Å²) in [6, 6.07) is -0.781. The molecular formula is C4H7N3O2. The summed E-state index contributed by atoms with van der Waals surface area (Å²) in [5, 5.41) is 3.27. The zero-order valence-corrected chi connectivity index (χ0v) is 4.92. The van der Waals surface area contributed by atoms with Gasteiger partial charge in [0.05, 0.1) is 5.71 Å². The van der Waals surface area contributed by atoms with E-state index in [2.05, 4.69) is 10.8 Å². The Bertz CT molecular complexity index is 152. The van der Waals surface area contributed by atoms with Crippen molar-refractivity contribution in [1.29, 1.82) is 0 Å². The molecule has 0 rings (SSSR count). The highest BCUT2D eigenvalue weighted by molar-refractivity contribution is 6.27. The standard InChI is InChI=1S/C4H7N3O2/c1-3(2-8)6-7-4(5)9/h2H,1H3,(H3,5,7,9). The van der Waals surface area contributed by atoms with Gasteiger partial charge in [0, 0.05) is 0 Å². The number of nitrogens with two attached hydrogens (primary N) is 1. The number of carbonyl (C=O) groups is 2. The second-order valence-electron chi connectivity index (χ2n) is 1.35. The van der Waals surface area contributed by atoms with E-state index in [0.29, 0.717) is 6.29 Å². The molecule has 0 heterocycles. The maximum Gasteiger partial charge on any atom is 0.332 e. The van der Waals surface area contributed by atoms with E-state index in [0.717, 1.165) is 0 Å². The van der Waals surface area contributed by atoms with Gasteiger partial charge in [0.25, 0.3) is 0 Å². The van der Waals surface area contributed by atoms with Crippen LogP contribution in [0.1, 0.15) is 6.92 Å². The van der Waals surface area contributed by atoms with Gasteiger partial charge < -0.3 is 5.73 Å². The molecule has 0 spiro atoms. The van der Waals surface area contributed by atoms with Crippen LogP contribution in [-0.4, -0.2) is 18.0 Å². The maximum absolute atomic E-state index is 9.91. The van der Waals surface area contributed by atoms with Crippen LogP contribution >= 0.6 is 0 Å². The Hall–Kier alpha value is -1.39. The number of aldehydes is 1. The molecule has 0 aromatic carbocycles. The fourth-order valence-corrected chi connectivity index (χ4v) is 0.170. The molecule has 0 aliphatic rings. The van der Waals surface area contributed by atoms with Crippen LogP contribution in [-0.2, 0) is 4.79 Å². The predicted octanol–water partition coefficient (Wildman–Crippen LogP) is -0.770. The third-order valence-electron chi connectivity index (χ3n) is 0.513. The van der Waals surface area contributed by atoms with Crippen LogP contribution in [0, 0.1) is 0 Å². The molecule has 0 fully saturated rings. The molecule has 0 saturated heterocycles. The Morgan fingerprint density at radius 1 is 1.78 bits per heavy atom. The van der Waals surface area contributed by atoms with Gasteiger partial charge in [0.15, 0.2) is 6.29 Å². The number of amides is 2. The van der Waals surface area contributed by atoms with Gasteiger partial charge in [-0.1, -0.05) is 0 Å².